The lowest BCUT2D eigenvalue weighted by Gasteiger charge is -2.13. The van der Waals surface area contributed by atoms with Gasteiger partial charge in [0, 0.05) is 30.1 Å². The number of benzene rings is 1. The van der Waals surface area contributed by atoms with Crippen molar-refractivity contribution >= 4 is 11.4 Å². The molecule has 0 radical (unpaired) electrons. The molecule has 0 aliphatic carbocycles. The third-order valence-corrected chi connectivity index (χ3v) is 1.89. The first-order chi connectivity index (χ1) is 7.47. The Morgan fingerprint density at radius 3 is 2.69 bits per heavy atom. The molecular formula is C13H20N2O. The molecule has 0 heterocycles. The molecule has 0 amide bonds. The predicted octanol–water partition coefficient (Wildman–Crippen LogP) is 3.04. The van der Waals surface area contributed by atoms with Crippen LogP contribution in [0.15, 0.2) is 30.4 Å². The Morgan fingerprint density at radius 1 is 1.44 bits per heavy atom. The van der Waals surface area contributed by atoms with E-state index in [9.17, 15) is 0 Å². The fraction of sp³-hybridized carbons (Fsp3) is 0.385. The second-order valence-corrected chi connectivity index (χ2v) is 4.27. The van der Waals surface area contributed by atoms with Crippen LogP contribution in [0.25, 0.3) is 0 Å². The van der Waals surface area contributed by atoms with Crippen molar-refractivity contribution in [3.8, 4) is 5.75 Å². The van der Waals surface area contributed by atoms with E-state index < -0.39 is 0 Å². The molecule has 1 rings (SSSR count). The monoisotopic (exact) mass is 220 g/mol. The van der Waals surface area contributed by atoms with Crippen molar-refractivity contribution in [2.45, 2.75) is 26.9 Å². The molecule has 1 aromatic rings. The maximum absolute atomic E-state index is 5.80. The van der Waals surface area contributed by atoms with Gasteiger partial charge in [0.25, 0.3) is 0 Å². The summed E-state index contributed by atoms with van der Waals surface area (Å²) in [6, 6.07) is 5.65. The van der Waals surface area contributed by atoms with Crippen molar-refractivity contribution in [1.82, 2.24) is 0 Å². The Kier molecular flexibility index (Phi) is 4.23. The van der Waals surface area contributed by atoms with E-state index in [-0.39, 0.29) is 6.10 Å². The minimum atomic E-state index is 0.149. The van der Waals surface area contributed by atoms with Crippen molar-refractivity contribution in [3.05, 3.63) is 30.4 Å². The summed E-state index contributed by atoms with van der Waals surface area (Å²) in [6.45, 7) is 10.5. The van der Waals surface area contributed by atoms with Crippen LogP contribution < -0.4 is 15.8 Å². The highest BCUT2D eigenvalue weighted by Gasteiger charge is 2.01. The number of hydrogen-bond donors (Lipinski definition) is 2. The number of anilines is 2. The van der Waals surface area contributed by atoms with Gasteiger partial charge in [-0.1, -0.05) is 12.2 Å². The van der Waals surface area contributed by atoms with Gasteiger partial charge < -0.3 is 15.8 Å². The summed E-state index contributed by atoms with van der Waals surface area (Å²) in [5, 5.41) is 3.24. The smallest absolute Gasteiger partial charge is 0.123 e. The summed E-state index contributed by atoms with van der Waals surface area (Å²) in [5.74, 6) is 0.791. The molecule has 3 N–H and O–H groups in total. The first-order valence-electron chi connectivity index (χ1n) is 5.43. The van der Waals surface area contributed by atoms with Gasteiger partial charge in [0.05, 0.1) is 6.10 Å². The minimum Gasteiger partial charge on any atom is -0.491 e. The van der Waals surface area contributed by atoms with Crippen LogP contribution in [-0.4, -0.2) is 12.6 Å². The van der Waals surface area contributed by atoms with Gasteiger partial charge in [-0.2, -0.15) is 0 Å². The molecule has 88 valence electrons. The number of hydrogen-bond acceptors (Lipinski definition) is 3. The molecule has 0 saturated heterocycles. The van der Waals surface area contributed by atoms with Crippen LogP contribution in [0, 0.1) is 0 Å². The number of nitrogens with two attached hydrogens (primary N) is 1. The fourth-order valence-corrected chi connectivity index (χ4v) is 1.32. The number of ether oxygens (including phenoxy) is 1. The molecule has 0 saturated carbocycles. The van der Waals surface area contributed by atoms with Crippen LogP contribution in [-0.2, 0) is 0 Å². The average Bonchev–Trinajstić information content (AvgIpc) is 2.12. The zero-order chi connectivity index (χ0) is 12.1. The topological polar surface area (TPSA) is 47.3 Å². The van der Waals surface area contributed by atoms with Gasteiger partial charge in [-0.3, -0.25) is 0 Å². The predicted molar refractivity (Wildman–Crippen MR) is 69.9 cm³/mol. The summed E-state index contributed by atoms with van der Waals surface area (Å²) in [4.78, 5) is 0. The van der Waals surface area contributed by atoms with Gasteiger partial charge in [0.2, 0.25) is 0 Å². The zero-order valence-corrected chi connectivity index (χ0v) is 10.2. The molecule has 0 aromatic heterocycles. The summed E-state index contributed by atoms with van der Waals surface area (Å²) >= 11 is 0. The van der Waals surface area contributed by atoms with E-state index in [0.717, 1.165) is 23.6 Å². The van der Waals surface area contributed by atoms with E-state index in [1.54, 1.807) is 0 Å². The summed E-state index contributed by atoms with van der Waals surface area (Å²) < 4.78 is 5.60. The lowest BCUT2D eigenvalue weighted by Crippen LogP contribution is -2.07. The van der Waals surface area contributed by atoms with Crippen molar-refractivity contribution in [2.75, 3.05) is 17.6 Å². The molecule has 16 heavy (non-hydrogen) atoms. The molecule has 3 nitrogen and oxygen atoms in total. The van der Waals surface area contributed by atoms with Crippen LogP contribution in [0.2, 0.25) is 0 Å². The van der Waals surface area contributed by atoms with Crippen molar-refractivity contribution in [3.63, 3.8) is 0 Å². The van der Waals surface area contributed by atoms with E-state index in [0.29, 0.717) is 5.69 Å². The van der Waals surface area contributed by atoms with Gasteiger partial charge in [-0.25, -0.2) is 0 Å². The van der Waals surface area contributed by atoms with Gasteiger partial charge in [0.15, 0.2) is 0 Å². The highest BCUT2D eigenvalue weighted by atomic mass is 16.5. The lowest BCUT2D eigenvalue weighted by atomic mass is 10.2. The molecular weight excluding hydrogens is 200 g/mol. The SMILES string of the molecule is C=C(C)CNc1cc(N)cc(OC(C)C)c1. The van der Waals surface area contributed by atoms with Crippen molar-refractivity contribution < 1.29 is 4.74 Å². The second kappa shape index (κ2) is 5.45. The van der Waals surface area contributed by atoms with Crippen LogP contribution in [0.4, 0.5) is 11.4 Å². The van der Waals surface area contributed by atoms with E-state index in [1.807, 2.05) is 39.0 Å². The first-order valence-corrected chi connectivity index (χ1v) is 5.43. The van der Waals surface area contributed by atoms with E-state index >= 15 is 0 Å². The fourth-order valence-electron chi connectivity index (χ4n) is 1.32. The van der Waals surface area contributed by atoms with E-state index in [2.05, 4.69) is 11.9 Å². The standard InChI is InChI=1S/C13H20N2O/c1-9(2)8-15-12-5-11(14)6-13(7-12)16-10(3)4/h5-7,10,15H,1,8,14H2,2-4H3. The number of nitrogens with one attached hydrogen (secondary N) is 1. The molecule has 0 aliphatic heterocycles. The molecule has 1 aromatic carbocycles. The maximum atomic E-state index is 5.80. The first kappa shape index (κ1) is 12.4. The molecule has 3 heteroatoms. The Bertz CT molecular complexity index is 372. The van der Waals surface area contributed by atoms with Gasteiger partial charge in [-0.05, 0) is 26.8 Å². The molecule has 0 bridgehead atoms. The van der Waals surface area contributed by atoms with E-state index in [4.69, 9.17) is 10.5 Å². The number of nitrogen functional groups attached to an aromatic ring is 1. The van der Waals surface area contributed by atoms with Crippen molar-refractivity contribution in [1.29, 1.82) is 0 Å². The third kappa shape index (κ3) is 4.26. The minimum absolute atomic E-state index is 0.149. The summed E-state index contributed by atoms with van der Waals surface area (Å²) in [5.41, 5.74) is 8.53. The Morgan fingerprint density at radius 2 is 2.12 bits per heavy atom. The summed E-state index contributed by atoms with van der Waals surface area (Å²) in [7, 11) is 0. The molecule has 0 atom stereocenters. The van der Waals surface area contributed by atoms with Crippen molar-refractivity contribution in [2.24, 2.45) is 0 Å². The Balaban J connectivity index is 2.77. The van der Waals surface area contributed by atoms with Crippen LogP contribution in [0.1, 0.15) is 20.8 Å². The molecule has 0 aliphatic rings. The van der Waals surface area contributed by atoms with Gasteiger partial charge >= 0.3 is 0 Å². The van der Waals surface area contributed by atoms with Crippen LogP contribution in [0.3, 0.4) is 0 Å². The number of rotatable bonds is 5. The lowest BCUT2D eigenvalue weighted by molar-refractivity contribution is 0.242. The van der Waals surface area contributed by atoms with Crippen LogP contribution in [0.5, 0.6) is 5.75 Å². The normalized spacial score (nSPS) is 10.2. The zero-order valence-electron chi connectivity index (χ0n) is 10.2. The van der Waals surface area contributed by atoms with E-state index in [1.165, 1.54) is 0 Å². The Labute approximate surface area is 97.3 Å². The maximum Gasteiger partial charge on any atom is 0.123 e. The third-order valence-electron chi connectivity index (χ3n) is 1.89. The summed E-state index contributed by atoms with van der Waals surface area (Å²) in [6.07, 6.45) is 0.149. The quantitative estimate of drug-likeness (QED) is 0.592. The van der Waals surface area contributed by atoms with Gasteiger partial charge in [0.1, 0.15) is 5.75 Å². The Hall–Kier alpha value is -1.64. The molecule has 0 spiro atoms. The average molecular weight is 220 g/mol. The highest BCUT2D eigenvalue weighted by Crippen LogP contribution is 2.23. The van der Waals surface area contributed by atoms with Crippen LogP contribution >= 0.6 is 0 Å². The highest BCUT2D eigenvalue weighted by molar-refractivity contribution is 5.59. The largest absolute Gasteiger partial charge is 0.491 e. The molecule has 0 fully saturated rings. The van der Waals surface area contributed by atoms with Gasteiger partial charge in [-0.15, -0.1) is 0 Å². The molecule has 0 unspecified atom stereocenters. The second-order valence-electron chi connectivity index (χ2n) is 4.27.